The molecule has 3 rings (SSSR count). The molecule has 0 aliphatic carbocycles. The molecule has 0 unspecified atom stereocenters. The number of hydrogen-bond donors (Lipinski definition) is 1. The second-order valence-corrected chi connectivity index (χ2v) is 4.62. The van der Waals surface area contributed by atoms with Gasteiger partial charge in [-0.3, -0.25) is 5.10 Å². The smallest absolute Gasteiger partial charge is 0.0721 e. The van der Waals surface area contributed by atoms with E-state index in [1.165, 1.54) is 16.8 Å². The van der Waals surface area contributed by atoms with Crippen molar-refractivity contribution in [2.75, 3.05) is 11.9 Å². The number of nitrogens with zero attached hydrogens (tertiary/aromatic N) is 2. The molecule has 2 aromatic rings. The number of halogens is 1. The van der Waals surface area contributed by atoms with Gasteiger partial charge in [0.05, 0.1) is 17.6 Å². The molecule has 4 heteroatoms. The Balaban J connectivity index is 2.33. The van der Waals surface area contributed by atoms with Gasteiger partial charge in [-0.15, -0.1) is 0 Å². The van der Waals surface area contributed by atoms with Gasteiger partial charge in [0, 0.05) is 29.2 Å². The van der Waals surface area contributed by atoms with Crippen LogP contribution in [0.2, 0.25) is 0 Å². The summed E-state index contributed by atoms with van der Waals surface area (Å²) < 4.78 is 1.13. The largest absolute Gasteiger partial charge is 0.369 e. The van der Waals surface area contributed by atoms with Gasteiger partial charge >= 0.3 is 0 Å². The van der Waals surface area contributed by atoms with E-state index in [9.17, 15) is 0 Å². The molecule has 1 aromatic heterocycles. The Bertz CT molecular complexity index is 518. The third kappa shape index (κ3) is 1.21. The van der Waals surface area contributed by atoms with Crippen LogP contribution in [0.3, 0.4) is 0 Å². The molecule has 0 saturated carbocycles. The van der Waals surface area contributed by atoms with Crippen molar-refractivity contribution in [1.82, 2.24) is 10.2 Å². The molecule has 0 saturated heterocycles. The predicted octanol–water partition coefficient (Wildman–Crippen LogP) is 2.79. The van der Waals surface area contributed by atoms with Crippen LogP contribution in [-0.4, -0.2) is 17.2 Å². The minimum atomic E-state index is 0.904. The number of H-pyrrole nitrogens is 1. The molecule has 0 bridgehead atoms. The molecule has 3 nitrogen and oxygen atoms in total. The van der Waals surface area contributed by atoms with Crippen molar-refractivity contribution in [3.05, 3.63) is 34.4 Å². The summed E-state index contributed by atoms with van der Waals surface area (Å²) in [6.45, 7) is 0.904. The quantitative estimate of drug-likeness (QED) is 0.793. The van der Waals surface area contributed by atoms with Crippen LogP contribution in [0, 0.1) is 0 Å². The van der Waals surface area contributed by atoms with E-state index >= 15 is 0 Å². The Hall–Kier alpha value is -1.29. The van der Waals surface area contributed by atoms with Gasteiger partial charge in [-0.25, -0.2) is 0 Å². The molecule has 0 atom stereocenters. The van der Waals surface area contributed by atoms with Crippen molar-refractivity contribution in [1.29, 1.82) is 0 Å². The average Bonchev–Trinajstić information content (AvgIpc) is 2.65. The highest BCUT2D eigenvalue weighted by Gasteiger charge is 2.22. The van der Waals surface area contributed by atoms with E-state index in [0.717, 1.165) is 16.7 Å². The molecule has 15 heavy (non-hydrogen) atoms. The van der Waals surface area contributed by atoms with Gasteiger partial charge in [0.2, 0.25) is 0 Å². The van der Waals surface area contributed by atoms with Crippen LogP contribution in [-0.2, 0) is 6.54 Å². The summed E-state index contributed by atoms with van der Waals surface area (Å²) in [6.07, 6.45) is 1.90. The van der Waals surface area contributed by atoms with Crippen LogP contribution in [0.4, 0.5) is 5.69 Å². The summed E-state index contributed by atoms with van der Waals surface area (Å²) in [5.74, 6) is 0. The van der Waals surface area contributed by atoms with E-state index in [-0.39, 0.29) is 0 Å². The maximum absolute atomic E-state index is 4.10. The first-order valence-corrected chi connectivity index (χ1v) is 5.59. The number of benzene rings is 1. The van der Waals surface area contributed by atoms with E-state index in [1.54, 1.807) is 0 Å². The summed E-state index contributed by atoms with van der Waals surface area (Å²) in [6, 6.07) is 6.23. The summed E-state index contributed by atoms with van der Waals surface area (Å²) in [5.41, 5.74) is 4.84. The lowest BCUT2D eigenvalue weighted by Crippen LogP contribution is -2.21. The lowest BCUT2D eigenvalue weighted by atomic mass is 10.0. The topological polar surface area (TPSA) is 31.9 Å². The minimum absolute atomic E-state index is 0.904. The molecule has 76 valence electrons. The molecule has 0 radical (unpaired) electrons. The zero-order valence-electron chi connectivity index (χ0n) is 8.29. The number of para-hydroxylation sites is 1. The number of anilines is 1. The first-order chi connectivity index (χ1) is 7.27. The van der Waals surface area contributed by atoms with Crippen LogP contribution >= 0.6 is 15.9 Å². The molecule has 1 N–H and O–H groups in total. The van der Waals surface area contributed by atoms with Gasteiger partial charge < -0.3 is 4.90 Å². The molecular weight excluding hydrogens is 254 g/mol. The molecule has 1 aliphatic heterocycles. The lowest BCUT2D eigenvalue weighted by Gasteiger charge is -2.28. The molecular formula is C11H10BrN3. The second-order valence-electron chi connectivity index (χ2n) is 3.76. The zero-order valence-corrected chi connectivity index (χ0v) is 9.87. The minimum Gasteiger partial charge on any atom is -0.369 e. The first-order valence-electron chi connectivity index (χ1n) is 4.79. The Kier molecular flexibility index (Phi) is 1.85. The van der Waals surface area contributed by atoms with Crippen LogP contribution in [0.15, 0.2) is 28.9 Å². The normalized spacial score (nSPS) is 13.6. The number of nitrogens with one attached hydrogen (secondary N) is 1. The molecule has 0 spiro atoms. The van der Waals surface area contributed by atoms with E-state index in [0.29, 0.717) is 0 Å². The van der Waals surface area contributed by atoms with Gasteiger partial charge in [0.1, 0.15) is 0 Å². The average molecular weight is 264 g/mol. The highest BCUT2D eigenvalue weighted by molar-refractivity contribution is 9.10. The van der Waals surface area contributed by atoms with Crippen LogP contribution < -0.4 is 4.90 Å². The van der Waals surface area contributed by atoms with Gasteiger partial charge in [-0.05, 0) is 22.0 Å². The summed E-state index contributed by atoms with van der Waals surface area (Å²) in [5, 5.41) is 7.16. The number of hydrogen-bond acceptors (Lipinski definition) is 2. The maximum Gasteiger partial charge on any atom is 0.0721 e. The first kappa shape index (κ1) is 8.97. The molecule has 0 fully saturated rings. The summed E-state index contributed by atoms with van der Waals surface area (Å²) in [4.78, 5) is 2.23. The fourth-order valence-electron chi connectivity index (χ4n) is 2.10. The van der Waals surface area contributed by atoms with Crippen molar-refractivity contribution in [3.8, 4) is 11.3 Å². The number of fused-ring (bicyclic) bond motifs is 3. The molecule has 1 aromatic carbocycles. The van der Waals surface area contributed by atoms with Gasteiger partial charge in [0.15, 0.2) is 0 Å². The zero-order chi connectivity index (χ0) is 10.4. The summed E-state index contributed by atoms with van der Waals surface area (Å²) in [7, 11) is 2.10. The SMILES string of the molecule is CN1Cc2cn[nH]c2-c2cccc(Br)c21. The van der Waals surface area contributed by atoms with Gasteiger partial charge in [-0.2, -0.15) is 5.10 Å². The monoisotopic (exact) mass is 263 g/mol. The predicted molar refractivity (Wildman–Crippen MR) is 63.8 cm³/mol. The lowest BCUT2D eigenvalue weighted by molar-refractivity contribution is 0.908. The molecule has 1 aliphatic rings. The molecule has 2 heterocycles. The fourth-order valence-corrected chi connectivity index (χ4v) is 2.77. The van der Waals surface area contributed by atoms with Crippen LogP contribution in [0.5, 0.6) is 0 Å². The maximum atomic E-state index is 4.10. The highest BCUT2D eigenvalue weighted by Crippen LogP contribution is 2.41. The van der Waals surface area contributed by atoms with E-state index in [4.69, 9.17) is 0 Å². The van der Waals surface area contributed by atoms with E-state index < -0.39 is 0 Å². The van der Waals surface area contributed by atoms with Crippen molar-refractivity contribution in [2.45, 2.75) is 6.54 Å². The Morgan fingerprint density at radius 2 is 2.33 bits per heavy atom. The molecule has 0 amide bonds. The van der Waals surface area contributed by atoms with Crippen molar-refractivity contribution < 1.29 is 0 Å². The third-order valence-electron chi connectivity index (χ3n) is 2.76. The van der Waals surface area contributed by atoms with Crippen molar-refractivity contribution in [3.63, 3.8) is 0 Å². The third-order valence-corrected chi connectivity index (χ3v) is 3.40. The Morgan fingerprint density at radius 3 is 3.20 bits per heavy atom. The van der Waals surface area contributed by atoms with E-state index in [2.05, 4.69) is 50.2 Å². The number of rotatable bonds is 0. The fraction of sp³-hybridized carbons (Fsp3) is 0.182. The van der Waals surface area contributed by atoms with Gasteiger partial charge in [0.25, 0.3) is 0 Å². The second kappa shape index (κ2) is 3.10. The highest BCUT2D eigenvalue weighted by atomic mass is 79.9. The van der Waals surface area contributed by atoms with Crippen molar-refractivity contribution in [2.24, 2.45) is 0 Å². The van der Waals surface area contributed by atoms with Crippen molar-refractivity contribution >= 4 is 21.6 Å². The summed E-state index contributed by atoms with van der Waals surface area (Å²) >= 11 is 3.59. The van der Waals surface area contributed by atoms with Crippen LogP contribution in [0.25, 0.3) is 11.3 Å². The number of aromatic amines is 1. The number of aromatic nitrogens is 2. The van der Waals surface area contributed by atoms with Crippen LogP contribution in [0.1, 0.15) is 5.56 Å². The van der Waals surface area contributed by atoms with Gasteiger partial charge in [-0.1, -0.05) is 12.1 Å². The Labute approximate surface area is 96.2 Å². The Morgan fingerprint density at radius 1 is 1.47 bits per heavy atom. The standard InChI is InChI=1S/C11H10BrN3/c1-15-6-7-5-13-14-10(7)8-3-2-4-9(12)11(8)15/h2-5H,6H2,1H3,(H,13,14). The van der Waals surface area contributed by atoms with E-state index in [1.807, 2.05) is 12.3 Å².